The quantitative estimate of drug-likeness (QED) is 0.792. The Balaban J connectivity index is 2.08. The monoisotopic (exact) mass is 279 g/mol. The van der Waals surface area contributed by atoms with Crippen LogP contribution in [0, 0.1) is 0 Å². The molecule has 0 fully saturated rings. The molecule has 1 heterocycles. The van der Waals surface area contributed by atoms with Crippen LogP contribution in [-0.2, 0) is 6.42 Å². The van der Waals surface area contributed by atoms with E-state index in [0.29, 0.717) is 17.7 Å². The molecule has 0 spiro atoms. The number of carboxylic acids is 1. The van der Waals surface area contributed by atoms with Crippen LogP contribution in [0.4, 0.5) is 0 Å². The summed E-state index contributed by atoms with van der Waals surface area (Å²) in [6.45, 7) is 0. The van der Waals surface area contributed by atoms with E-state index in [1.54, 1.807) is 0 Å². The third-order valence-corrected chi connectivity index (χ3v) is 3.25. The number of carboxylic acid groups (broad SMARTS) is 1. The van der Waals surface area contributed by atoms with Crippen molar-refractivity contribution in [2.45, 2.75) is 6.42 Å². The van der Waals surface area contributed by atoms with E-state index in [2.05, 4.69) is 5.16 Å². The van der Waals surface area contributed by atoms with Gasteiger partial charge < -0.3 is 9.63 Å². The highest BCUT2D eigenvalue weighted by molar-refractivity contribution is 5.89. The van der Waals surface area contributed by atoms with E-state index in [4.69, 9.17) is 4.52 Å². The van der Waals surface area contributed by atoms with Crippen molar-refractivity contribution in [2.75, 3.05) is 0 Å². The molecule has 3 rings (SSSR count). The number of carbonyl (C=O) groups is 1. The average molecular weight is 279 g/mol. The first-order valence-electron chi connectivity index (χ1n) is 6.57. The summed E-state index contributed by atoms with van der Waals surface area (Å²) in [4.78, 5) is 11.3. The van der Waals surface area contributed by atoms with Crippen molar-refractivity contribution in [3.63, 3.8) is 0 Å². The summed E-state index contributed by atoms with van der Waals surface area (Å²) in [5, 5.41) is 13.0. The maximum absolute atomic E-state index is 11.3. The molecule has 0 saturated heterocycles. The number of hydrogen-bond acceptors (Lipinski definition) is 3. The van der Waals surface area contributed by atoms with Crippen LogP contribution in [0.2, 0.25) is 0 Å². The van der Waals surface area contributed by atoms with Crippen molar-refractivity contribution in [3.8, 4) is 11.3 Å². The Morgan fingerprint density at radius 3 is 2.24 bits per heavy atom. The van der Waals surface area contributed by atoms with Gasteiger partial charge in [0, 0.05) is 17.5 Å². The molecule has 0 saturated carbocycles. The largest absolute Gasteiger partial charge is 0.476 e. The Morgan fingerprint density at radius 2 is 1.62 bits per heavy atom. The fourth-order valence-corrected chi connectivity index (χ4v) is 2.26. The topological polar surface area (TPSA) is 63.3 Å². The molecule has 104 valence electrons. The molecule has 0 unspecified atom stereocenters. The van der Waals surface area contributed by atoms with Gasteiger partial charge in [-0.15, -0.1) is 0 Å². The van der Waals surface area contributed by atoms with Gasteiger partial charge in [-0.3, -0.25) is 0 Å². The average Bonchev–Trinajstić information content (AvgIpc) is 2.93. The Kier molecular flexibility index (Phi) is 3.51. The molecular weight excluding hydrogens is 266 g/mol. The molecule has 0 aliphatic heterocycles. The van der Waals surface area contributed by atoms with E-state index in [0.717, 1.165) is 11.1 Å². The molecule has 3 aromatic rings. The van der Waals surface area contributed by atoms with E-state index in [-0.39, 0.29) is 5.69 Å². The van der Waals surface area contributed by atoms with Gasteiger partial charge in [-0.25, -0.2) is 4.79 Å². The zero-order valence-corrected chi connectivity index (χ0v) is 11.2. The summed E-state index contributed by atoms with van der Waals surface area (Å²) in [5.41, 5.74) is 2.40. The van der Waals surface area contributed by atoms with Gasteiger partial charge in [0.1, 0.15) is 0 Å². The molecule has 4 heteroatoms. The minimum absolute atomic E-state index is 0.0299. The lowest BCUT2D eigenvalue weighted by molar-refractivity contribution is 0.0685. The Hall–Kier alpha value is -2.88. The second-order valence-electron chi connectivity index (χ2n) is 4.67. The molecule has 0 atom stereocenters. The SMILES string of the molecule is O=C(O)c1noc(-c2ccccc2)c1Cc1ccccc1. The summed E-state index contributed by atoms with van der Waals surface area (Å²) in [6.07, 6.45) is 0.468. The van der Waals surface area contributed by atoms with Crippen LogP contribution >= 0.6 is 0 Å². The normalized spacial score (nSPS) is 10.5. The molecule has 0 aliphatic rings. The Labute approximate surface area is 121 Å². The number of rotatable bonds is 4. The van der Waals surface area contributed by atoms with Crippen molar-refractivity contribution in [3.05, 3.63) is 77.5 Å². The second kappa shape index (κ2) is 5.63. The van der Waals surface area contributed by atoms with E-state index in [9.17, 15) is 9.90 Å². The first-order valence-corrected chi connectivity index (χ1v) is 6.57. The van der Waals surface area contributed by atoms with Crippen LogP contribution in [0.5, 0.6) is 0 Å². The molecule has 1 N–H and O–H groups in total. The van der Waals surface area contributed by atoms with Crippen LogP contribution in [0.25, 0.3) is 11.3 Å². The fraction of sp³-hybridized carbons (Fsp3) is 0.0588. The number of hydrogen-bond donors (Lipinski definition) is 1. The third-order valence-electron chi connectivity index (χ3n) is 3.25. The van der Waals surface area contributed by atoms with Gasteiger partial charge in [-0.2, -0.15) is 0 Å². The maximum atomic E-state index is 11.3. The van der Waals surface area contributed by atoms with Crippen molar-refractivity contribution in [2.24, 2.45) is 0 Å². The molecule has 0 amide bonds. The first-order chi connectivity index (χ1) is 10.3. The molecule has 0 aliphatic carbocycles. The van der Waals surface area contributed by atoms with Gasteiger partial charge in [-0.1, -0.05) is 65.8 Å². The van der Waals surface area contributed by atoms with Gasteiger partial charge in [0.2, 0.25) is 0 Å². The Bertz CT molecular complexity index is 748. The number of aromatic nitrogens is 1. The minimum atomic E-state index is -1.08. The second-order valence-corrected chi connectivity index (χ2v) is 4.67. The zero-order valence-electron chi connectivity index (χ0n) is 11.2. The van der Waals surface area contributed by atoms with Crippen LogP contribution in [0.3, 0.4) is 0 Å². The molecule has 4 nitrogen and oxygen atoms in total. The van der Waals surface area contributed by atoms with Gasteiger partial charge in [0.15, 0.2) is 11.5 Å². The van der Waals surface area contributed by atoms with Crippen LogP contribution < -0.4 is 0 Å². The summed E-state index contributed by atoms with van der Waals surface area (Å²) >= 11 is 0. The summed E-state index contributed by atoms with van der Waals surface area (Å²) in [7, 11) is 0. The lowest BCUT2D eigenvalue weighted by atomic mass is 9.99. The maximum Gasteiger partial charge on any atom is 0.358 e. The van der Waals surface area contributed by atoms with Crippen LogP contribution in [0.15, 0.2) is 65.2 Å². The Morgan fingerprint density at radius 1 is 1.00 bits per heavy atom. The highest BCUT2D eigenvalue weighted by atomic mass is 16.5. The number of benzene rings is 2. The molecular formula is C17H13NO3. The highest BCUT2D eigenvalue weighted by Gasteiger charge is 2.22. The van der Waals surface area contributed by atoms with Crippen LogP contribution in [0.1, 0.15) is 21.6 Å². The molecule has 2 aromatic carbocycles. The lowest BCUT2D eigenvalue weighted by Crippen LogP contribution is -2.02. The van der Waals surface area contributed by atoms with Gasteiger partial charge in [-0.05, 0) is 5.56 Å². The standard InChI is InChI=1S/C17H13NO3/c19-17(20)15-14(11-12-7-3-1-4-8-12)16(21-18-15)13-9-5-2-6-10-13/h1-10H,11H2,(H,19,20). The summed E-state index contributed by atoms with van der Waals surface area (Å²) in [5.74, 6) is -0.566. The van der Waals surface area contributed by atoms with Crippen molar-refractivity contribution in [1.29, 1.82) is 0 Å². The van der Waals surface area contributed by atoms with E-state index in [1.165, 1.54) is 0 Å². The number of aromatic carboxylic acids is 1. The molecule has 21 heavy (non-hydrogen) atoms. The first kappa shape index (κ1) is 13.1. The van der Waals surface area contributed by atoms with Crippen LogP contribution in [-0.4, -0.2) is 16.2 Å². The van der Waals surface area contributed by atoms with E-state index >= 15 is 0 Å². The summed E-state index contributed by atoms with van der Waals surface area (Å²) in [6, 6.07) is 19.1. The highest BCUT2D eigenvalue weighted by Crippen LogP contribution is 2.28. The van der Waals surface area contributed by atoms with E-state index < -0.39 is 5.97 Å². The summed E-state index contributed by atoms with van der Waals surface area (Å²) < 4.78 is 5.28. The van der Waals surface area contributed by atoms with Crippen molar-refractivity contribution < 1.29 is 14.4 Å². The molecule has 0 bridgehead atoms. The van der Waals surface area contributed by atoms with Gasteiger partial charge in [0.05, 0.1) is 0 Å². The third kappa shape index (κ3) is 2.69. The number of nitrogens with zero attached hydrogens (tertiary/aromatic N) is 1. The van der Waals surface area contributed by atoms with Gasteiger partial charge >= 0.3 is 5.97 Å². The minimum Gasteiger partial charge on any atom is -0.476 e. The predicted molar refractivity (Wildman–Crippen MR) is 78.1 cm³/mol. The van der Waals surface area contributed by atoms with Crippen molar-refractivity contribution in [1.82, 2.24) is 5.16 Å². The smallest absolute Gasteiger partial charge is 0.358 e. The zero-order chi connectivity index (χ0) is 14.7. The van der Waals surface area contributed by atoms with E-state index in [1.807, 2.05) is 60.7 Å². The van der Waals surface area contributed by atoms with Gasteiger partial charge in [0.25, 0.3) is 0 Å². The molecule has 0 radical (unpaired) electrons. The predicted octanol–water partition coefficient (Wildman–Crippen LogP) is 3.63. The molecule has 1 aromatic heterocycles. The lowest BCUT2D eigenvalue weighted by Gasteiger charge is -2.03. The van der Waals surface area contributed by atoms with Crippen molar-refractivity contribution >= 4 is 5.97 Å². The fourth-order valence-electron chi connectivity index (χ4n) is 2.26.